The van der Waals surface area contributed by atoms with Gasteiger partial charge in [-0.2, -0.15) is 0 Å². The first-order valence-electron chi connectivity index (χ1n) is 25.5. The lowest BCUT2D eigenvalue weighted by Gasteiger charge is -2.27. The summed E-state index contributed by atoms with van der Waals surface area (Å²) in [7, 11) is 0. The molecule has 0 unspecified atom stereocenters. The third kappa shape index (κ3) is 14.2. The highest BCUT2D eigenvalue weighted by Gasteiger charge is 2.52. The predicted octanol–water partition coefficient (Wildman–Crippen LogP) is 10.3. The van der Waals surface area contributed by atoms with E-state index in [9.17, 15) is 24.0 Å². The normalized spacial score (nSPS) is 14.5. The van der Waals surface area contributed by atoms with Crippen molar-refractivity contribution in [2.75, 3.05) is 13.1 Å². The molecular weight excluding hydrogens is 945 g/mol. The van der Waals surface area contributed by atoms with E-state index in [0.717, 1.165) is 28.7 Å². The number of rotatable bonds is 20. The van der Waals surface area contributed by atoms with Crippen LogP contribution in [0.15, 0.2) is 192 Å². The van der Waals surface area contributed by atoms with E-state index in [1.165, 1.54) is 4.90 Å². The molecule has 0 radical (unpaired) electrons. The van der Waals surface area contributed by atoms with Crippen LogP contribution in [0, 0.1) is 0 Å². The molecule has 6 aromatic carbocycles. The summed E-state index contributed by atoms with van der Waals surface area (Å²) in [5.41, 5.74) is 7.90. The number of esters is 2. The lowest BCUT2D eigenvalue weighted by atomic mass is 9.83. The van der Waals surface area contributed by atoms with Crippen molar-refractivity contribution in [3.63, 3.8) is 0 Å². The molecule has 2 aliphatic rings. The smallest absolute Gasteiger partial charge is 0.414 e. The van der Waals surface area contributed by atoms with Gasteiger partial charge in [-0.05, 0) is 79.8 Å². The van der Waals surface area contributed by atoms with Crippen LogP contribution in [0.2, 0.25) is 0 Å². The van der Waals surface area contributed by atoms with Crippen LogP contribution in [-0.4, -0.2) is 70.3 Å². The second kappa shape index (κ2) is 26.0. The van der Waals surface area contributed by atoms with Gasteiger partial charge in [-0.25, -0.2) is 14.8 Å². The number of amides is 3. The molecular formula is C61H66N6O8. The van der Waals surface area contributed by atoms with E-state index in [2.05, 4.69) is 5.32 Å². The summed E-state index contributed by atoms with van der Waals surface area (Å²) in [6, 6.07) is 56.9. The molecule has 0 aliphatic carbocycles. The summed E-state index contributed by atoms with van der Waals surface area (Å²) in [5, 5.41) is 2.72. The molecule has 14 nitrogen and oxygen atoms in total. The second-order valence-electron chi connectivity index (χ2n) is 19.2. The zero-order chi connectivity index (χ0) is 53.1. The minimum Gasteiger partial charge on any atom is -0.461 e. The Balaban J connectivity index is 0.000000222. The summed E-state index contributed by atoms with van der Waals surface area (Å²) in [6.07, 6.45) is 4.04. The molecule has 0 saturated heterocycles. The van der Waals surface area contributed by atoms with Gasteiger partial charge in [-0.15, -0.1) is 0 Å². The standard InChI is InChI=1S/C33H37N3O5.C28H29N3O3/c1-32(2,3)41-31(39)34-30-35-33(26-18-10-5-11-19-26,27-20-12-6-13-21-27)29(38)36(30)23-15-7-14-22-28(37)40-24-25-16-8-4-9-17-25;29-27-30-28(23-15-7-2-8-16-23,24-17-9-3-10-18-24)26(33)31(27)20-12-4-11-19-25(32)34-21-22-13-5-1-6-14-22/h4-6,8-13,16-21H,7,14-15,22-24H2,1-3H3,(H,34,35,39);1-3,5-10,13-18H,4,11-12,19-21H2,(H2,29,30). The average Bonchev–Trinajstić information content (AvgIpc) is 3.85. The van der Waals surface area contributed by atoms with Gasteiger partial charge in [-0.3, -0.25) is 34.3 Å². The number of hydrogen-bond acceptors (Lipinski definition) is 11. The van der Waals surface area contributed by atoms with Crippen molar-refractivity contribution in [2.24, 2.45) is 15.7 Å². The number of unbranched alkanes of at least 4 members (excludes halogenated alkanes) is 4. The van der Waals surface area contributed by atoms with Crippen LogP contribution in [0.3, 0.4) is 0 Å². The molecule has 2 heterocycles. The molecule has 0 saturated carbocycles. The molecule has 0 aromatic heterocycles. The van der Waals surface area contributed by atoms with E-state index in [0.29, 0.717) is 62.7 Å². The van der Waals surface area contributed by atoms with Crippen LogP contribution in [-0.2, 0) is 57.7 Å². The molecule has 0 fully saturated rings. The number of aliphatic imine (C=N–C) groups is 2. The molecule has 14 heteroatoms. The van der Waals surface area contributed by atoms with E-state index in [4.69, 9.17) is 29.9 Å². The van der Waals surface area contributed by atoms with Gasteiger partial charge in [0.25, 0.3) is 11.8 Å². The van der Waals surface area contributed by atoms with Crippen molar-refractivity contribution in [1.82, 2.24) is 15.1 Å². The van der Waals surface area contributed by atoms with Gasteiger partial charge in [0.1, 0.15) is 18.8 Å². The van der Waals surface area contributed by atoms with Crippen molar-refractivity contribution >= 4 is 41.8 Å². The van der Waals surface area contributed by atoms with Crippen LogP contribution in [0.1, 0.15) is 106 Å². The number of benzene rings is 6. The van der Waals surface area contributed by atoms with Gasteiger partial charge in [-0.1, -0.05) is 195 Å². The number of ether oxygens (including phenoxy) is 3. The van der Waals surface area contributed by atoms with Crippen molar-refractivity contribution in [1.29, 1.82) is 0 Å². The Kier molecular flexibility index (Phi) is 18.9. The number of nitrogens with one attached hydrogen (secondary N) is 1. The first kappa shape index (κ1) is 54.4. The topological polar surface area (TPSA) is 182 Å². The number of nitrogens with zero attached hydrogens (tertiary/aromatic N) is 4. The van der Waals surface area contributed by atoms with Gasteiger partial charge in [0.15, 0.2) is 17.0 Å². The van der Waals surface area contributed by atoms with Gasteiger partial charge in [0.2, 0.25) is 5.96 Å². The number of hydrogen-bond donors (Lipinski definition) is 2. The SMILES string of the molecule is CC(C)(C)OC(=O)NC1=NC(c2ccccc2)(c2ccccc2)C(=O)N1CCCCCC(=O)OCc1ccccc1.NC1=NC(c2ccccc2)(c2ccccc2)C(=O)N1CCCCCC(=O)OCc1ccccc1. The Morgan fingerprint density at radius 2 is 0.840 bits per heavy atom. The average molecular weight is 1010 g/mol. The fourth-order valence-electron chi connectivity index (χ4n) is 8.91. The Morgan fingerprint density at radius 3 is 1.23 bits per heavy atom. The maximum atomic E-state index is 14.2. The van der Waals surface area contributed by atoms with Crippen LogP contribution < -0.4 is 11.1 Å². The molecule has 6 aromatic rings. The number of nitrogens with two attached hydrogens (primary N) is 1. The molecule has 388 valence electrons. The van der Waals surface area contributed by atoms with Gasteiger partial charge < -0.3 is 19.9 Å². The Labute approximate surface area is 439 Å². The highest BCUT2D eigenvalue weighted by atomic mass is 16.6. The number of carbonyl (C=O) groups is 5. The minimum absolute atomic E-state index is 0.138. The van der Waals surface area contributed by atoms with Crippen molar-refractivity contribution < 1.29 is 38.2 Å². The third-order valence-corrected chi connectivity index (χ3v) is 12.6. The molecule has 2 aliphatic heterocycles. The number of alkyl carbamates (subject to hydrolysis) is 1. The van der Waals surface area contributed by atoms with Crippen LogP contribution in [0.25, 0.3) is 0 Å². The van der Waals surface area contributed by atoms with Gasteiger partial charge >= 0.3 is 18.0 Å². The summed E-state index contributed by atoms with van der Waals surface area (Å²) < 4.78 is 16.2. The van der Waals surface area contributed by atoms with E-state index >= 15 is 0 Å². The fourth-order valence-corrected chi connectivity index (χ4v) is 8.91. The van der Waals surface area contributed by atoms with Crippen LogP contribution >= 0.6 is 0 Å². The first-order chi connectivity index (χ1) is 36.3. The third-order valence-electron chi connectivity index (χ3n) is 12.6. The van der Waals surface area contributed by atoms with Crippen molar-refractivity contribution in [3.8, 4) is 0 Å². The Bertz CT molecular complexity index is 2800. The van der Waals surface area contributed by atoms with Gasteiger partial charge in [0.05, 0.1) is 0 Å². The molecule has 0 atom stereocenters. The second-order valence-corrected chi connectivity index (χ2v) is 19.2. The van der Waals surface area contributed by atoms with Crippen LogP contribution in [0.4, 0.5) is 4.79 Å². The Hall–Kier alpha value is -8.39. The Morgan fingerprint density at radius 1 is 0.493 bits per heavy atom. The monoisotopic (exact) mass is 1010 g/mol. The maximum absolute atomic E-state index is 14.2. The molecule has 0 spiro atoms. The predicted molar refractivity (Wildman–Crippen MR) is 289 cm³/mol. The fraction of sp³-hybridized carbons (Fsp3) is 0.295. The summed E-state index contributed by atoms with van der Waals surface area (Å²) in [6.45, 7) is 6.62. The molecule has 8 rings (SSSR count). The zero-order valence-electron chi connectivity index (χ0n) is 42.9. The lowest BCUT2D eigenvalue weighted by Crippen LogP contribution is -2.47. The van der Waals surface area contributed by atoms with Crippen LogP contribution in [0.5, 0.6) is 0 Å². The maximum Gasteiger partial charge on any atom is 0.414 e. The van der Waals surface area contributed by atoms with E-state index in [1.807, 2.05) is 182 Å². The van der Waals surface area contributed by atoms with E-state index in [1.54, 1.807) is 25.7 Å². The molecule has 3 N–H and O–H groups in total. The van der Waals surface area contributed by atoms with Gasteiger partial charge in [0, 0.05) is 25.9 Å². The summed E-state index contributed by atoms with van der Waals surface area (Å²) in [4.78, 5) is 77.6. The molecule has 3 amide bonds. The molecule has 75 heavy (non-hydrogen) atoms. The first-order valence-corrected chi connectivity index (χ1v) is 25.5. The largest absolute Gasteiger partial charge is 0.461 e. The minimum atomic E-state index is -1.35. The highest BCUT2D eigenvalue weighted by Crippen LogP contribution is 2.41. The summed E-state index contributed by atoms with van der Waals surface area (Å²) >= 11 is 0. The number of guanidine groups is 2. The molecule has 0 bridgehead atoms. The van der Waals surface area contributed by atoms with Crippen molar-refractivity contribution in [2.45, 2.75) is 102 Å². The lowest BCUT2D eigenvalue weighted by molar-refractivity contribution is -0.146. The zero-order valence-corrected chi connectivity index (χ0v) is 42.9. The highest BCUT2D eigenvalue weighted by molar-refractivity contribution is 6.13. The summed E-state index contributed by atoms with van der Waals surface area (Å²) in [5.74, 6) is -0.520. The van der Waals surface area contributed by atoms with Crippen molar-refractivity contribution in [3.05, 3.63) is 215 Å². The van der Waals surface area contributed by atoms with E-state index in [-0.39, 0.29) is 55.3 Å². The van der Waals surface area contributed by atoms with E-state index < -0.39 is 22.8 Å². The quantitative estimate of drug-likeness (QED) is 0.0427. The number of carbonyl (C=O) groups excluding carboxylic acids is 5.